The summed E-state index contributed by atoms with van der Waals surface area (Å²) in [4.78, 5) is 0. The molecule has 0 aliphatic heterocycles. The van der Waals surface area contributed by atoms with E-state index in [1.807, 2.05) is 0 Å². The lowest BCUT2D eigenvalue weighted by atomic mass is 10.1. The van der Waals surface area contributed by atoms with Crippen LogP contribution < -0.4 is 0 Å². The number of rotatable bonds is 2. The first-order valence-electron chi connectivity index (χ1n) is 3.89. The molecule has 0 radical (unpaired) electrons. The summed E-state index contributed by atoms with van der Waals surface area (Å²) in [6.45, 7) is 1.63. The minimum atomic E-state index is -0.0286. The number of halogens is 2. The minimum Gasteiger partial charge on any atom is -0.506 e. The maximum absolute atomic E-state index is 9.54. The molecule has 0 aliphatic carbocycles. The van der Waals surface area contributed by atoms with Crippen molar-refractivity contribution < 1.29 is 10.3 Å². The zero-order valence-electron chi connectivity index (χ0n) is 7.46. The van der Waals surface area contributed by atoms with Crippen LogP contribution in [0.1, 0.15) is 12.5 Å². The zero-order chi connectivity index (χ0) is 10.7. The molecule has 0 aromatic heterocycles. The molecule has 0 atom stereocenters. The van der Waals surface area contributed by atoms with Gasteiger partial charge in [0.1, 0.15) is 5.75 Å². The molecule has 76 valence electrons. The molecule has 5 heteroatoms. The fourth-order valence-corrected chi connectivity index (χ4v) is 1.60. The van der Waals surface area contributed by atoms with Gasteiger partial charge < -0.3 is 10.3 Å². The van der Waals surface area contributed by atoms with Gasteiger partial charge in [0, 0.05) is 17.0 Å². The van der Waals surface area contributed by atoms with Crippen molar-refractivity contribution in [2.75, 3.05) is 0 Å². The van der Waals surface area contributed by atoms with E-state index in [0.29, 0.717) is 22.7 Å². The van der Waals surface area contributed by atoms with Crippen LogP contribution in [0.15, 0.2) is 17.3 Å². The number of phenols is 1. The molecule has 0 aliphatic rings. The highest BCUT2D eigenvalue weighted by Crippen LogP contribution is 2.31. The SMILES string of the molecule is C/C(Cc1cc(Cl)cc(Cl)c1O)=N\O. The molecular formula is C9H9Cl2NO2. The van der Waals surface area contributed by atoms with Crippen LogP contribution >= 0.6 is 23.2 Å². The highest BCUT2D eigenvalue weighted by atomic mass is 35.5. The van der Waals surface area contributed by atoms with Gasteiger partial charge in [-0.2, -0.15) is 0 Å². The van der Waals surface area contributed by atoms with Gasteiger partial charge in [-0.1, -0.05) is 28.4 Å². The highest BCUT2D eigenvalue weighted by Gasteiger charge is 2.08. The summed E-state index contributed by atoms with van der Waals surface area (Å²) in [5.41, 5.74) is 1.01. The highest BCUT2D eigenvalue weighted by molar-refractivity contribution is 6.35. The average molecular weight is 234 g/mol. The maximum atomic E-state index is 9.54. The Labute approximate surface area is 91.6 Å². The fraction of sp³-hybridized carbons (Fsp3) is 0.222. The van der Waals surface area contributed by atoms with Crippen LogP contribution in [-0.2, 0) is 6.42 Å². The molecular weight excluding hydrogens is 225 g/mol. The third kappa shape index (κ3) is 2.53. The van der Waals surface area contributed by atoms with Gasteiger partial charge in [0.15, 0.2) is 0 Å². The van der Waals surface area contributed by atoms with Crippen LogP contribution in [0.3, 0.4) is 0 Å². The molecule has 0 spiro atoms. The van der Waals surface area contributed by atoms with Gasteiger partial charge >= 0.3 is 0 Å². The fourth-order valence-electron chi connectivity index (χ4n) is 1.07. The smallest absolute Gasteiger partial charge is 0.137 e. The standard InChI is InChI=1S/C9H9Cl2NO2/c1-5(12-14)2-6-3-7(10)4-8(11)9(6)13/h3-4,13-14H,2H2,1H3/b12-5+. The Morgan fingerprint density at radius 3 is 2.64 bits per heavy atom. The van der Waals surface area contributed by atoms with Gasteiger partial charge in [0.25, 0.3) is 0 Å². The van der Waals surface area contributed by atoms with Crippen molar-refractivity contribution >= 4 is 28.9 Å². The van der Waals surface area contributed by atoms with Crippen LogP contribution in [0.4, 0.5) is 0 Å². The predicted octanol–water partition coefficient (Wildman–Crippen LogP) is 3.09. The molecule has 1 aromatic rings. The van der Waals surface area contributed by atoms with Crippen LogP contribution in [0.25, 0.3) is 0 Å². The Morgan fingerprint density at radius 2 is 2.07 bits per heavy atom. The average Bonchev–Trinajstić information content (AvgIpc) is 2.13. The van der Waals surface area contributed by atoms with E-state index in [1.54, 1.807) is 13.0 Å². The largest absolute Gasteiger partial charge is 0.506 e. The second-order valence-electron chi connectivity index (χ2n) is 2.91. The third-order valence-electron chi connectivity index (χ3n) is 1.72. The van der Waals surface area contributed by atoms with E-state index in [9.17, 15) is 5.11 Å². The van der Waals surface area contributed by atoms with Gasteiger partial charge in [-0.05, 0) is 19.1 Å². The summed E-state index contributed by atoms with van der Waals surface area (Å²) in [6, 6.07) is 3.03. The molecule has 0 saturated carbocycles. The lowest BCUT2D eigenvalue weighted by Gasteiger charge is -2.05. The molecule has 0 bridgehead atoms. The van der Waals surface area contributed by atoms with E-state index < -0.39 is 0 Å². The second-order valence-corrected chi connectivity index (χ2v) is 3.75. The summed E-state index contributed by atoms with van der Waals surface area (Å²) in [6.07, 6.45) is 0.308. The summed E-state index contributed by atoms with van der Waals surface area (Å²) in [5, 5.41) is 21.6. The monoisotopic (exact) mass is 233 g/mol. The molecule has 14 heavy (non-hydrogen) atoms. The molecule has 1 rings (SSSR count). The summed E-state index contributed by atoms with van der Waals surface area (Å²) in [5.74, 6) is -0.0286. The number of nitrogens with zero attached hydrogens (tertiary/aromatic N) is 1. The summed E-state index contributed by atoms with van der Waals surface area (Å²) >= 11 is 11.5. The predicted molar refractivity (Wildman–Crippen MR) is 56.7 cm³/mol. The van der Waals surface area contributed by atoms with E-state index in [0.717, 1.165) is 0 Å². The minimum absolute atomic E-state index is 0.0286. The van der Waals surface area contributed by atoms with Gasteiger partial charge in [-0.3, -0.25) is 0 Å². The summed E-state index contributed by atoms with van der Waals surface area (Å²) in [7, 11) is 0. The second kappa shape index (κ2) is 4.53. The van der Waals surface area contributed by atoms with E-state index >= 15 is 0 Å². The molecule has 1 aromatic carbocycles. The van der Waals surface area contributed by atoms with Gasteiger partial charge in [-0.25, -0.2) is 0 Å². The Kier molecular flexibility index (Phi) is 3.61. The van der Waals surface area contributed by atoms with Crippen LogP contribution in [-0.4, -0.2) is 16.0 Å². The molecule has 0 unspecified atom stereocenters. The first-order valence-corrected chi connectivity index (χ1v) is 4.64. The Hall–Kier alpha value is -0.930. The van der Waals surface area contributed by atoms with Crippen LogP contribution in [0.2, 0.25) is 10.0 Å². The van der Waals surface area contributed by atoms with Gasteiger partial charge in [0.05, 0.1) is 10.7 Å². The Balaban J connectivity index is 3.08. The Morgan fingerprint density at radius 1 is 1.43 bits per heavy atom. The van der Waals surface area contributed by atoms with Crippen molar-refractivity contribution in [1.29, 1.82) is 0 Å². The van der Waals surface area contributed by atoms with E-state index in [-0.39, 0.29) is 10.8 Å². The number of aromatic hydroxyl groups is 1. The topological polar surface area (TPSA) is 52.8 Å². The molecule has 3 nitrogen and oxygen atoms in total. The number of phenolic OH excluding ortho intramolecular Hbond substituents is 1. The van der Waals surface area contributed by atoms with Crippen molar-refractivity contribution in [2.24, 2.45) is 5.16 Å². The van der Waals surface area contributed by atoms with Crippen molar-refractivity contribution in [3.05, 3.63) is 27.7 Å². The van der Waals surface area contributed by atoms with E-state index in [2.05, 4.69) is 5.16 Å². The number of hydrogen-bond donors (Lipinski definition) is 2. The van der Waals surface area contributed by atoms with Gasteiger partial charge in [-0.15, -0.1) is 0 Å². The third-order valence-corrected chi connectivity index (χ3v) is 2.23. The molecule has 0 amide bonds. The molecule has 0 fully saturated rings. The normalized spacial score (nSPS) is 11.8. The number of benzene rings is 1. The maximum Gasteiger partial charge on any atom is 0.137 e. The van der Waals surface area contributed by atoms with E-state index in [4.69, 9.17) is 28.4 Å². The molecule has 2 N–H and O–H groups in total. The van der Waals surface area contributed by atoms with E-state index in [1.165, 1.54) is 6.07 Å². The van der Waals surface area contributed by atoms with Crippen molar-refractivity contribution in [3.63, 3.8) is 0 Å². The molecule has 0 saturated heterocycles. The summed E-state index contributed by atoms with van der Waals surface area (Å²) < 4.78 is 0. The van der Waals surface area contributed by atoms with Crippen molar-refractivity contribution in [1.82, 2.24) is 0 Å². The first-order chi connectivity index (χ1) is 6.54. The zero-order valence-corrected chi connectivity index (χ0v) is 8.97. The number of oxime groups is 1. The lowest BCUT2D eigenvalue weighted by Crippen LogP contribution is -1.98. The van der Waals surface area contributed by atoms with Crippen molar-refractivity contribution in [2.45, 2.75) is 13.3 Å². The number of hydrogen-bond acceptors (Lipinski definition) is 3. The van der Waals surface area contributed by atoms with Crippen LogP contribution in [0.5, 0.6) is 5.75 Å². The molecule has 0 heterocycles. The first kappa shape index (κ1) is 11.1. The quantitative estimate of drug-likeness (QED) is 0.469. The lowest BCUT2D eigenvalue weighted by molar-refractivity contribution is 0.317. The van der Waals surface area contributed by atoms with Crippen molar-refractivity contribution in [3.8, 4) is 5.75 Å². The van der Waals surface area contributed by atoms with Gasteiger partial charge in [0.2, 0.25) is 0 Å². The Bertz CT molecular complexity index is 377. The van der Waals surface area contributed by atoms with Crippen LogP contribution in [0, 0.1) is 0 Å².